The maximum Gasteiger partial charge on any atom is 0.410 e. The molecule has 2 aromatic rings. The third-order valence-electron chi connectivity index (χ3n) is 6.91. The molecule has 0 fully saturated rings. The van der Waals surface area contributed by atoms with E-state index in [1.54, 1.807) is 12.0 Å². The number of aryl methyl sites for hydroxylation is 1. The molecule has 4 rings (SSSR count). The molecule has 198 valence electrons. The Hall–Kier alpha value is -3.35. The number of carbonyl (C=O) groups is 3. The maximum absolute atomic E-state index is 13.0. The lowest BCUT2D eigenvalue weighted by Crippen LogP contribution is -2.38. The number of rotatable bonds is 10. The molecule has 2 aliphatic rings. The Labute approximate surface area is 219 Å². The Bertz CT molecular complexity index is 1170. The molecule has 7 heteroatoms. The standard InChI is InChI=1S/C30H38N2O5/c1-30(2,3)37-29(35)31(16-13-21-8-7-9-25(18-21)36-4)15-6-5-10-26(33)24-19-22-11-12-27(34)32-17-14-23(20-24)28(22)32/h7-9,18-20H,5-6,10-17H2,1-4H3. The molecule has 0 N–H and O–H groups in total. The van der Waals surface area contributed by atoms with E-state index in [0.29, 0.717) is 51.6 Å². The highest BCUT2D eigenvalue weighted by Gasteiger charge is 2.32. The number of carbonyl (C=O) groups excluding carboxylic acids is 3. The van der Waals surface area contributed by atoms with Gasteiger partial charge in [0.05, 0.1) is 12.8 Å². The average molecular weight is 507 g/mol. The van der Waals surface area contributed by atoms with Gasteiger partial charge in [0.1, 0.15) is 11.4 Å². The summed E-state index contributed by atoms with van der Waals surface area (Å²) in [6, 6.07) is 11.8. The first-order chi connectivity index (χ1) is 17.6. The summed E-state index contributed by atoms with van der Waals surface area (Å²) in [7, 11) is 1.64. The van der Waals surface area contributed by atoms with E-state index in [9.17, 15) is 14.4 Å². The molecule has 0 aromatic heterocycles. The van der Waals surface area contributed by atoms with Crippen LogP contribution in [0.4, 0.5) is 10.5 Å². The molecule has 7 nitrogen and oxygen atoms in total. The van der Waals surface area contributed by atoms with Gasteiger partial charge in [-0.25, -0.2) is 4.79 Å². The molecule has 2 aliphatic heterocycles. The van der Waals surface area contributed by atoms with Crippen LogP contribution >= 0.6 is 0 Å². The van der Waals surface area contributed by atoms with Crippen LogP contribution in [0, 0.1) is 0 Å². The van der Waals surface area contributed by atoms with E-state index >= 15 is 0 Å². The SMILES string of the molecule is COc1cccc(CCN(CCCCC(=O)c2cc3c4c(c2)CCN4C(=O)CC3)C(=O)OC(C)(C)C)c1. The van der Waals surface area contributed by atoms with Gasteiger partial charge in [-0.15, -0.1) is 0 Å². The molecule has 0 bridgehead atoms. The number of benzene rings is 2. The molecule has 0 radical (unpaired) electrons. The summed E-state index contributed by atoms with van der Waals surface area (Å²) in [5.74, 6) is 1.10. The molecular formula is C30H38N2O5. The highest BCUT2D eigenvalue weighted by Crippen LogP contribution is 2.37. The summed E-state index contributed by atoms with van der Waals surface area (Å²) in [6.45, 7) is 7.36. The molecule has 0 saturated carbocycles. The molecule has 0 atom stereocenters. The monoisotopic (exact) mass is 506 g/mol. The number of ketones is 1. The van der Waals surface area contributed by atoms with E-state index < -0.39 is 5.60 Å². The Kier molecular flexibility index (Phi) is 8.20. The van der Waals surface area contributed by atoms with Crippen LogP contribution in [0.25, 0.3) is 0 Å². The van der Waals surface area contributed by atoms with Gasteiger partial charge in [0.2, 0.25) is 5.91 Å². The molecule has 0 spiro atoms. The van der Waals surface area contributed by atoms with Gasteiger partial charge in [-0.05, 0) is 93.8 Å². The van der Waals surface area contributed by atoms with Crippen LogP contribution in [-0.2, 0) is 28.8 Å². The Morgan fingerprint density at radius 1 is 1.00 bits per heavy atom. The fourth-order valence-electron chi connectivity index (χ4n) is 5.06. The van der Waals surface area contributed by atoms with Crippen LogP contribution in [0.3, 0.4) is 0 Å². The fourth-order valence-corrected chi connectivity index (χ4v) is 5.06. The predicted molar refractivity (Wildman–Crippen MR) is 144 cm³/mol. The van der Waals surface area contributed by atoms with E-state index in [1.165, 1.54) is 0 Å². The van der Waals surface area contributed by atoms with E-state index in [4.69, 9.17) is 9.47 Å². The van der Waals surface area contributed by atoms with Crippen LogP contribution in [0.5, 0.6) is 5.75 Å². The first-order valence-corrected chi connectivity index (χ1v) is 13.2. The van der Waals surface area contributed by atoms with Crippen molar-refractivity contribution in [2.24, 2.45) is 0 Å². The summed E-state index contributed by atoms with van der Waals surface area (Å²) < 4.78 is 10.9. The van der Waals surface area contributed by atoms with E-state index in [-0.39, 0.29) is 17.8 Å². The van der Waals surface area contributed by atoms with Gasteiger partial charge < -0.3 is 19.3 Å². The van der Waals surface area contributed by atoms with Crippen LogP contribution in [-0.4, -0.2) is 55.0 Å². The highest BCUT2D eigenvalue weighted by molar-refractivity contribution is 6.02. The second-order valence-corrected chi connectivity index (χ2v) is 10.9. The van der Waals surface area contributed by atoms with Crippen molar-refractivity contribution in [1.82, 2.24) is 4.90 Å². The van der Waals surface area contributed by atoms with Crippen LogP contribution < -0.4 is 9.64 Å². The minimum atomic E-state index is -0.574. The molecule has 0 unspecified atom stereocenters. The number of amides is 2. The van der Waals surface area contributed by atoms with Crippen LogP contribution in [0.15, 0.2) is 36.4 Å². The molecule has 2 heterocycles. The van der Waals surface area contributed by atoms with Crippen LogP contribution in [0.2, 0.25) is 0 Å². The minimum Gasteiger partial charge on any atom is -0.497 e. The lowest BCUT2D eigenvalue weighted by molar-refractivity contribution is -0.118. The van der Waals surface area contributed by atoms with Gasteiger partial charge >= 0.3 is 6.09 Å². The number of methoxy groups -OCH3 is 1. The predicted octanol–water partition coefficient (Wildman–Crippen LogP) is 5.36. The average Bonchev–Trinajstić information content (AvgIpc) is 3.30. The van der Waals surface area contributed by atoms with Crippen LogP contribution in [0.1, 0.15) is 73.5 Å². The number of hydrogen-bond acceptors (Lipinski definition) is 5. The van der Waals surface area contributed by atoms with Crippen molar-refractivity contribution >= 4 is 23.5 Å². The lowest BCUT2D eigenvalue weighted by atomic mass is 9.94. The van der Waals surface area contributed by atoms with Crippen molar-refractivity contribution in [3.8, 4) is 5.75 Å². The first kappa shape index (κ1) is 26.7. The maximum atomic E-state index is 13.0. The molecule has 0 saturated heterocycles. The zero-order valence-corrected chi connectivity index (χ0v) is 22.5. The molecule has 2 amide bonds. The van der Waals surface area contributed by atoms with Crippen molar-refractivity contribution in [1.29, 1.82) is 0 Å². The fraction of sp³-hybridized carbons (Fsp3) is 0.500. The van der Waals surface area contributed by atoms with Gasteiger partial charge in [0.15, 0.2) is 5.78 Å². The first-order valence-electron chi connectivity index (χ1n) is 13.2. The molecular weight excluding hydrogens is 468 g/mol. The Morgan fingerprint density at radius 3 is 2.49 bits per heavy atom. The second kappa shape index (κ2) is 11.4. The summed E-state index contributed by atoms with van der Waals surface area (Å²) >= 11 is 0. The van der Waals surface area contributed by atoms with Crippen molar-refractivity contribution in [2.45, 2.75) is 71.3 Å². The zero-order chi connectivity index (χ0) is 26.6. The van der Waals surface area contributed by atoms with Gasteiger partial charge in [-0.3, -0.25) is 9.59 Å². The quantitative estimate of drug-likeness (QED) is 0.320. The Morgan fingerprint density at radius 2 is 1.76 bits per heavy atom. The van der Waals surface area contributed by atoms with Crippen molar-refractivity contribution in [2.75, 3.05) is 31.6 Å². The Balaban J connectivity index is 1.33. The number of hydrogen-bond donors (Lipinski definition) is 0. The highest BCUT2D eigenvalue weighted by atomic mass is 16.6. The van der Waals surface area contributed by atoms with E-state index in [1.807, 2.05) is 62.1 Å². The number of ether oxygens (including phenoxy) is 2. The van der Waals surface area contributed by atoms with E-state index in [0.717, 1.165) is 46.7 Å². The summed E-state index contributed by atoms with van der Waals surface area (Å²) in [5, 5.41) is 0. The largest absolute Gasteiger partial charge is 0.497 e. The zero-order valence-electron chi connectivity index (χ0n) is 22.5. The summed E-state index contributed by atoms with van der Waals surface area (Å²) in [5.41, 5.74) is 4.52. The molecule has 2 aromatic carbocycles. The number of anilines is 1. The summed E-state index contributed by atoms with van der Waals surface area (Å²) in [6.07, 6.45) is 4.21. The smallest absolute Gasteiger partial charge is 0.410 e. The number of Topliss-reactive ketones (excluding diaryl/α,β-unsaturated/α-hetero) is 1. The lowest BCUT2D eigenvalue weighted by Gasteiger charge is -2.27. The molecule has 37 heavy (non-hydrogen) atoms. The second-order valence-electron chi connectivity index (χ2n) is 10.9. The molecule has 0 aliphatic carbocycles. The normalized spacial score (nSPS) is 14.4. The van der Waals surface area contributed by atoms with Gasteiger partial charge in [-0.2, -0.15) is 0 Å². The van der Waals surface area contributed by atoms with Gasteiger partial charge in [0, 0.05) is 38.0 Å². The van der Waals surface area contributed by atoms with Gasteiger partial charge in [-0.1, -0.05) is 12.1 Å². The minimum absolute atomic E-state index is 0.120. The van der Waals surface area contributed by atoms with Crippen molar-refractivity contribution in [3.63, 3.8) is 0 Å². The van der Waals surface area contributed by atoms with Crippen molar-refractivity contribution < 1.29 is 23.9 Å². The van der Waals surface area contributed by atoms with E-state index in [2.05, 4.69) is 0 Å². The van der Waals surface area contributed by atoms with Crippen molar-refractivity contribution in [3.05, 3.63) is 58.7 Å². The summed E-state index contributed by atoms with van der Waals surface area (Å²) in [4.78, 5) is 41.7. The van der Waals surface area contributed by atoms with Gasteiger partial charge in [0.25, 0.3) is 0 Å². The number of nitrogens with zero attached hydrogens (tertiary/aromatic N) is 2. The topological polar surface area (TPSA) is 76.2 Å². The third-order valence-corrected chi connectivity index (χ3v) is 6.91. The number of unbranched alkanes of at least 4 members (excludes halogenated alkanes) is 1. The third kappa shape index (κ3) is 6.70.